The molecule has 0 saturated carbocycles. The maximum absolute atomic E-state index is 10.1. The smallest absolute Gasteiger partial charge is 0.118 e. The van der Waals surface area contributed by atoms with Gasteiger partial charge in [0.05, 0.1) is 39.2 Å². The van der Waals surface area contributed by atoms with E-state index in [0.717, 1.165) is 22.4 Å². The standard InChI is InChI=1S/C20H22N2O3/c1-24-20-9-7-16(8-10-20)14-25-15-19(23)13-22-12-18(11-21-22)17-5-3-2-4-6-17/h2-12,19,23H,13-15H2,1H3. The first-order valence-corrected chi connectivity index (χ1v) is 8.21. The molecule has 1 heterocycles. The van der Waals surface area contributed by atoms with Gasteiger partial charge in [0.2, 0.25) is 0 Å². The van der Waals surface area contributed by atoms with Crippen molar-refractivity contribution in [1.29, 1.82) is 0 Å². The number of rotatable bonds is 8. The van der Waals surface area contributed by atoms with Crippen LogP contribution in [0.5, 0.6) is 5.75 Å². The Kier molecular flexibility index (Phi) is 5.82. The second kappa shape index (κ2) is 8.46. The summed E-state index contributed by atoms with van der Waals surface area (Å²) in [4.78, 5) is 0. The van der Waals surface area contributed by atoms with E-state index in [2.05, 4.69) is 5.10 Å². The zero-order valence-corrected chi connectivity index (χ0v) is 14.2. The lowest BCUT2D eigenvalue weighted by atomic mass is 10.1. The molecule has 0 spiro atoms. The maximum Gasteiger partial charge on any atom is 0.118 e. The number of nitrogens with zero attached hydrogens (tertiary/aromatic N) is 2. The van der Waals surface area contributed by atoms with E-state index < -0.39 is 6.10 Å². The van der Waals surface area contributed by atoms with Gasteiger partial charge >= 0.3 is 0 Å². The zero-order chi connectivity index (χ0) is 17.5. The monoisotopic (exact) mass is 338 g/mol. The highest BCUT2D eigenvalue weighted by Gasteiger charge is 2.08. The van der Waals surface area contributed by atoms with Crippen LogP contribution >= 0.6 is 0 Å². The predicted octanol–water partition coefficient (Wildman–Crippen LogP) is 3.14. The second-order valence-electron chi connectivity index (χ2n) is 5.83. The lowest BCUT2D eigenvalue weighted by molar-refractivity contribution is 0.0187. The highest BCUT2D eigenvalue weighted by molar-refractivity contribution is 5.61. The fraction of sp³-hybridized carbons (Fsp3) is 0.250. The molecule has 25 heavy (non-hydrogen) atoms. The van der Waals surface area contributed by atoms with Gasteiger partial charge < -0.3 is 14.6 Å². The van der Waals surface area contributed by atoms with E-state index in [1.54, 1.807) is 18.0 Å². The van der Waals surface area contributed by atoms with Crippen LogP contribution in [0.25, 0.3) is 11.1 Å². The first kappa shape index (κ1) is 17.2. The van der Waals surface area contributed by atoms with Gasteiger partial charge in [-0.15, -0.1) is 0 Å². The number of aliphatic hydroxyl groups is 1. The number of ether oxygens (including phenoxy) is 2. The first-order valence-electron chi connectivity index (χ1n) is 8.21. The van der Waals surface area contributed by atoms with Crippen molar-refractivity contribution in [2.45, 2.75) is 19.3 Å². The Morgan fingerprint density at radius 1 is 1.04 bits per heavy atom. The SMILES string of the molecule is COc1ccc(COCC(O)Cn2cc(-c3ccccc3)cn2)cc1. The highest BCUT2D eigenvalue weighted by atomic mass is 16.5. The Labute approximate surface area is 147 Å². The number of hydrogen-bond donors (Lipinski definition) is 1. The summed E-state index contributed by atoms with van der Waals surface area (Å²) >= 11 is 0. The minimum atomic E-state index is -0.609. The van der Waals surface area contributed by atoms with E-state index >= 15 is 0 Å². The summed E-state index contributed by atoms with van der Waals surface area (Å²) in [5, 5.41) is 14.4. The minimum absolute atomic E-state index is 0.257. The van der Waals surface area contributed by atoms with Crippen molar-refractivity contribution in [2.24, 2.45) is 0 Å². The molecule has 0 amide bonds. The summed E-state index contributed by atoms with van der Waals surface area (Å²) in [5.41, 5.74) is 3.18. The van der Waals surface area contributed by atoms with E-state index in [0.29, 0.717) is 13.2 Å². The number of aliphatic hydroxyl groups excluding tert-OH is 1. The second-order valence-corrected chi connectivity index (χ2v) is 5.83. The quantitative estimate of drug-likeness (QED) is 0.685. The number of benzene rings is 2. The van der Waals surface area contributed by atoms with Gasteiger partial charge in [0.15, 0.2) is 0 Å². The molecule has 1 N–H and O–H groups in total. The molecule has 0 aliphatic rings. The summed E-state index contributed by atoms with van der Waals surface area (Å²) in [5.74, 6) is 0.816. The molecule has 5 nitrogen and oxygen atoms in total. The lowest BCUT2D eigenvalue weighted by Gasteiger charge is -2.11. The molecule has 2 aromatic carbocycles. The van der Waals surface area contributed by atoms with Gasteiger partial charge in [-0.1, -0.05) is 42.5 Å². The molecule has 0 aliphatic carbocycles. The van der Waals surface area contributed by atoms with Gasteiger partial charge in [-0.25, -0.2) is 0 Å². The Morgan fingerprint density at radius 2 is 1.80 bits per heavy atom. The molecule has 3 rings (SSSR count). The number of aromatic nitrogens is 2. The fourth-order valence-corrected chi connectivity index (χ4v) is 2.55. The van der Waals surface area contributed by atoms with E-state index in [1.165, 1.54) is 0 Å². The van der Waals surface area contributed by atoms with Gasteiger partial charge in [-0.3, -0.25) is 4.68 Å². The van der Waals surface area contributed by atoms with Gasteiger partial charge in [-0.2, -0.15) is 5.10 Å². The molecule has 0 bridgehead atoms. The first-order chi connectivity index (χ1) is 12.2. The van der Waals surface area contributed by atoms with Crippen molar-refractivity contribution in [3.63, 3.8) is 0 Å². The van der Waals surface area contributed by atoms with Crippen LogP contribution in [0.3, 0.4) is 0 Å². The van der Waals surface area contributed by atoms with E-state index in [1.807, 2.05) is 60.8 Å². The van der Waals surface area contributed by atoms with Gasteiger partial charge in [0.1, 0.15) is 5.75 Å². The molecule has 0 aliphatic heterocycles. The Hall–Kier alpha value is -2.63. The van der Waals surface area contributed by atoms with Crippen LogP contribution in [0.4, 0.5) is 0 Å². The van der Waals surface area contributed by atoms with Crippen LogP contribution in [-0.2, 0) is 17.9 Å². The summed E-state index contributed by atoms with van der Waals surface area (Å²) in [6, 6.07) is 17.7. The Balaban J connectivity index is 1.46. The van der Waals surface area contributed by atoms with Crippen LogP contribution in [-0.4, -0.2) is 34.7 Å². The van der Waals surface area contributed by atoms with Crippen LogP contribution in [0.2, 0.25) is 0 Å². The highest BCUT2D eigenvalue weighted by Crippen LogP contribution is 2.17. The largest absolute Gasteiger partial charge is 0.497 e. The molecular weight excluding hydrogens is 316 g/mol. The number of methoxy groups -OCH3 is 1. The maximum atomic E-state index is 10.1. The summed E-state index contributed by atoms with van der Waals surface area (Å²) in [6.45, 7) is 1.11. The zero-order valence-electron chi connectivity index (χ0n) is 14.2. The molecular formula is C20H22N2O3. The molecule has 130 valence electrons. The van der Waals surface area contributed by atoms with Crippen LogP contribution in [0, 0.1) is 0 Å². The third-order valence-electron chi connectivity index (χ3n) is 3.88. The molecule has 0 saturated heterocycles. The third-order valence-corrected chi connectivity index (χ3v) is 3.88. The molecule has 1 aromatic heterocycles. The molecule has 0 fully saturated rings. The van der Waals surface area contributed by atoms with Crippen molar-refractivity contribution < 1.29 is 14.6 Å². The van der Waals surface area contributed by atoms with Crippen molar-refractivity contribution in [1.82, 2.24) is 9.78 Å². The fourth-order valence-electron chi connectivity index (χ4n) is 2.55. The molecule has 3 aromatic rings. The molecule has 1 atom stereocenters. The van der Waals surface area contributed by atoms with E-state index in [-0.39, 0.29) is 6.61 Å². The van der Waals surface area contributed by atoms with Crippen molar-refractivity contribution in [2.75, 3.05) is 13.7 Å². The average molecular weight is 338 g/mol. The van der Waals surface area contributed by atoms with Crippen molar-refractivity contribution >= 4 is 0 Å². The molecule has 5 heteroatoms. The van der Waals surface area contributed by atoms with Crippen molar-refractivity contribution in [3.8, 4) is 16.9 Å². The number of hydrogen-bond acceptors (Lipinski definition) is 4. The predicted molar refractivity (Wildman–Crippen MR) is 96.3 cm³/mol. The summed E-state index contributed by atoms with van der Waals surface area (Å²) in [6.07, 6.45) is 3.13. The Bertz CT molecular complexity index is 769. The lowest BCUT2D eigenvalue weighted by Crippen LogP contribution is -2.22. The average Bonchev–Trinajstić information content (AvgIpc) is 3.11. The third kappa shape index (κ3) is 4.92. The summed E-state index contributed by atoms with van der Waals surface area (Å²) in [7, 11) is 1.64. The van der Waals surface area contributed by atoms with Gasteiger partial charge in [0.25, 0.3) is 0 Å². The van der Waals surface area contributed by atoms with Crippen LogP contribution < -0.4 is 4.74 Å². The van der Waals surface area contributed by atoms with Crippen LogP contribution in [0.1, 0.15) is 5.56 Å². The van der Waals surface area contributed by atoms with Gasteiger partial charge in [-0.05, 0) is 23.3 Å². The summed E-state index contributed by atoms with van der Waals surface area (Å²) < 4.78 is 12.4. The van der Waals surface area contributed by atoms with Crippen molar-refractivity contribution in [3.05, 3.63) is 72.6 Å². The van der Waals surface area contributed by atoms with E-state index in [4.69, 9.17) is 9.47 Å². The Morgan fingerprint density at radius 3 is 2.52 bits per heavy atom. The minimum Gasteiger partial charge on any atom is -0.497 e. The van der Waals surface area contributed by atoms with E-state index in [9.17, 15) is 5.11 Å². The molecule has 0 radical (unpaired) electrons. The van der Waals surface area contributed by atoms with Gasteiger partial charge in [0, 0.05) is 11.8 Å². The normalized spacial score (nSPS) is 12.1. The molecule has 1 unspecified atom stereocenters. The topological polar surface area (TPSA) is 56.5 Å². The van der Waals surface area contributed by atoms with Crippen LogP contribution in [0.15, 0.2) is 67.0 Å².